The molecule has 1 aromatic heterocycles. The number of benzene rings is 3. The molecule has 0 aliphatic heterocycles. The molecule has 0 atom stereocenters. The number of rotatable bonds is 4. The molecule has 0 fully saturated rings. The van der Waals surface area contributed by atoms with Crippen LogP contribution in [0.15, 0.2) is 77.2 Å². The number of nitrogens with one attached hydrogen (secondary N) is 1. The van der Waals surface area contributed by atoms with Gasteiger partial charge < -0.3 is 9.73 Å². The Morgan fingerprint density at radius 2 is 1.50 bits per heavy atom. The predicted molar refractivity (Wildman–Crippen MR) is 110 cm³/mol. The molecule has 28 heavy (non-hydrogen) atoms. The van der Waals surface area contributed by atoms with E-state index in [1.165, 1.54) is 0 Å². The molecule has 0 saturated carbocycles. The molecule has 1 N–H and O–H groups in total. The van der Waals surface area contributed by atoms with E-state index < -0.39 is 0 Å². The summed E-state index contributed by atoms with van der Waals surface area (Å²) in [6.07, 6.45) is 0. The van der Waals surface area contributed by atoms with Crippen LogP contribution in [-0.4, -0.2) is 11.7 Å². The van der Waals surface area contributed by atoms with E-state index >= 15 is 0 Å². The zero-order valence-electron chi connectivity index (χ0n) is 15.0. The van der Waals surface area contributed by atoms with Gasteiger partial charge in [-0.3, -0.25) is 9.59 Å². The fourth-order valence-electron chi connectivity index (χ4n) is 2.95. The third kappa shape index (κ3) is 3.42. The van der Waals surface area contributed by atoms with Gasteiger partial charge in [-0.15, -0.1) is 0 Å². The minimum Gasteiger partial charge on any atom is -0.450 e. The Kier molecular flexibility index (Phi) is 4.72. The summed E-state index contributed by atoms with van der Waals surface area (Å²) >= 11 is 5.91. The smallest absolute Gasteiger partial charge is 0.255 e. The average Bonchev–Trinajstić information content (AvgIpc) is 3.07. The maximum absolute atomic E-state index is 13.0. The predicted octanol–water partition coefficient (Wildman–Crippen LogP) is 5.88. The molecule has 5 heteroatoms. The Bertz CT molecular complexity index is 1170. The normalized spacial score (nSPS) is 10.8. The number of para-hydroxylation sites is 1. The molecule has 1 heterocycles. The van der Waals surface area contributed by atoms with E-state index in [-0.39, 0.29) is 17.5 Å². The van der Waals surface area contributed by atoms with Crippen molar-refractivity contribution in [1.82, 2.24) is 0 Å². The molecule has 0 spiro atoms. The van der Waals surface area contributed by atoms with Gasteiger partial charge in [-0.05, 0) is 55.5 Å². The van der Waals surface area contributed by atoms with Gasteiger partial charge in [-0.2, -0.15) is 0 Å². The Balaban J connectivity index is 1.77. The summed E-state index contributed by atoms with van der Waals surface area (Å²) in [6.45, 7) is 1.95. The first-order valence-electron chi connectivity index (χ1n) is 8.73. The average molecular weight is 390 g/mol. The fraction of sp³-hybridized carbons (Fsp3) is 0.0435. The summed E-state index contributed by atoms with van der Waals surface area (Å²) in [5.74, 6) is -0.548. The van der Waals surface area contributed by atoms with Gasteiger partial charge in [0.15, 0.2) is 5.76 Å². The van der Waals surface area contributed by atoms with Crippen molar-refractivity contribution in [3.8, 4) is 0 Å². The molecule has 1 amide bonds. The van der Waals surface area contributed by atoms with Crippen LogP contribution in [0.3, 0.4) is 0 Å². The maximum atomic E-state index is 13.0. The summed E-state index contributed by atoms with van der Waals surface area (Å²) in [6, 6.07) is 21.0. The van der Waals surface area contributed by atoms with Gasteiger partial charge >= 0.3 is 0 Å². The van der Waals surface area contributed by atoms with Crippen LogP contribution >= 0.6 is 11.6 Å². The van der Waals surface area contributed by atoms with E-state index in [0.29, 0.717) is 32.8 Å². The lowest BCUT2D eigenvalue weighted by molar-refractivity contribution is 0.101. The van der Waals surface area contributed by atoms with Gasteiger partial charge in [-0.1, -0.05) is 41.4 Å². The molecular weight excluding hydrogens is 374 g/mol. The highest BCUT2D eigenvalue weighted by molar-refractivity contribution is 6.30. The Morgan fingerprint density at radius 3 is 2.21 bits per heavy atom. The highest BCUT2D eigenvalue weighted by atomic mass is 35.5. The maximum Gasteiger partial charge on any atom is 0.255 e. The van der Waals surface area contributed by atoms with Crippen molar-refractivity contribution in [3.05, 3.63) is 100 Å². The van der Waals surface area contributed by atoms with E-state index in [2.05, 4.69) is 5.32 Å². The molecule has 0 saturated heterocycles. The summed E-state index contributed by atoms with van der Waals surface area (Å²) in [7, 11) is 0. The standard InChI is InChI=1S/C23H16ClNO3/c1-14-6-8-16(9-7-14)23(27)25-20-18-4-2-3-5-19(18)28-22(20)21(26)15-10-12-17(24)13-11-15/h2-13H,1H3,(H,25,27). The first-order chi connectivity index (χ1) is 13.5. The summed E-state index contributed by atoms with van der Waals surface area (Å²) in [5.41, 5.74) is 2.87. The largest absolute Gasteiger partial charge is 0.450 e. The lowest BCUT2D eigenvalue weighted by atomic mass is 10.1. The lowest BCUT2D eigenvalue weighted by Crippen LogP contribution is -2.14. The van der Waals surface area contributed by atoms with E-state index in [0.717, 1.165) is 5.56 Å². The Hall–Kier alpha value is -3.37. The number of carbonyl (C=O) groups excluding carboxylic acids is 2. The van der Waals surface area contributed by atoms with Crippen LogP contribution in [0.5, 0.6) is 0 Å². The molecule has 3 aromatic carbocycles. The van der Waals surface area contributed by atoms with Crippen molar-refractivity contribution in [2.45, 2.75) is 6.92 Å². The number of furan rings is 1. The second-order valence-electron chi connectivity index (χ2n) is 6.46. The topological polar surface area (TPSA) is 59.3 Å². The summed E-state index contributed by atoms with van der Waals surface area (Å²) in [4.78, 5) is 25.8. The summed E-state index contributed by atoms with van der Waals surface area (Å²) < 4.78 is 5.80. The van der Waals surface area contributed by atoms with Crippen molar-refractivity contribution < 1.29 is 14.0 Å². The number of carbonyl (C=O) groups is 2. The van der Waals surface area contributed by atoms with Crippen molar-refractivity contribution in [2.75, 3.05) is 5.32 Å². The molecule has 0 unspecified atom stereocenters. The zero-order chi connectivity index (χ0) is 19.7. The van der Waals surface area contributed by atoms with Crippen LogP contribution in [0.25, 0.3) is 11.0 Å². The monoisotopic (exact) mass is 389 g/mol. The van der Waals surface area contributed by atoms with Gasteiger partial charge in [0, 0.05) is 21.5 Å². The van der Waals surface area contributed by atoms with Crippen molar-refractivity contribution in [1.29, 1.82) is 0 Å². The molecule has 0 radical (unpaired) electrons. The first kappa shape index (κ1) is 18.0. The number of hydrogen-bond donors (Lipinski definition) is 1. The van der Waals surface area contributed by atoms with Crippen LogP contribution in [0.1, 0.15) is 32.0 Å². The molecule has 4 aromatic rings. The van der Waals surface area contributed by atoms with E-state index in [4.69, 9.17) is 16.0 Å². The number of fused-ring (bicyclic) bond motifs is 1. The fourth-order valence-corrected chi connectivity index (χ4v) is 3.08. The van der Waals surface area contributed by atoms with Crippen LogP contribution in [0.4, 0.5) is 5.69 Å². The molecule has 4 rings (SSSR count). The van der Waals surface area contributed by atoms with Crippen LogP contribution in [0, 0.1) is 6.92 Å². The van der Waals surface area contributed by atoms with Gasteiger partial charge in [0.2, 0.25) is 5.78 Å². The van der Waals surface area contributed by atoms with Crippen molar-refractivity contribution in [2.24, 2.45) is 0 Å². The molecule has 0 bridgehead atoms. The SMILES string of the molecule is Cc1ccc(C(=O)Nc2c(C(=O)c3ccc(Cl)cc3)oc3ccccc23)cc1. The van der Waals surface area contributed by atoms with E-state index in [1.807, 2.05) is 37.3 Å². The van der Waals surface area contributed by atoms with Crippen LogP contribution in [0.2, 0.25) is 5.02 Å². The first-order valence-corrected chi connectivity index (χ1v) is 9.10. The van der Waals surface area contributed by atoms with Crippen molar-refractivity contribution >= 4 is 39.9 Å². The van der Waals surface area contributed by atoms with Gasteiger partial charge in [-0.25, -0.2) is 0 Å². The Morgan fingerprint density at radius 1 is 0.857 bits per heavy atom. The lowest BCUT2D eigenvalue weighted by Gasteiger charge is -2.07. The number of halogens is 1. The third-order valence-electron chi connectivity index (χ3n) is 4.46. The molecule has 138 valence electrons. The van der Waals surface area contributed by atoms with E-state index in [1.54, 1.807) is 42.5 Å². The number of amides is 1. The second-order valence-corrected chi connectivity index (χ2v) is 6.89. The molecule has 0 aliphatic rings. The highest BCUT2D eigenvalue weighted by Crippen LogP contribution is 2.33. The summed E-state index contributed by atoms with van der Waals surface area (Å²) in [5, 5.41) is 4.05. The van der Waals surface area contributed by atoms with E-state index in [9.17, 15) is 9.59 Å². The van der Waals surface area contributed by atoms with Gasteiger partial charge in [0.05, 0.1) is 5.69 Å². The van der Waals surface area contributed by atoms with Gasteiger partial charge in [0.25, 0.3) is 5.91 Å². The third-order valence-corrected chi connectivity index (χ3v) is 4.71. The highest BCUT2D eigenvalue weighted by Gasteiger charge is 2.23. The zero-order valence-corrected chi connectivity index (χ0v) is 15.8. The van der Waals surface area contributed by atoms with Crippen molar-refractivity contribution in [3.63, 3.8) is 0 Å². The molecular formula is C23H16ClNO3. The number of aryl methyl sites for hydroxylation is 1. The van der Waals surface area contributed by atoms with Gasteiger partial charge in [0.1, 0.15) is 5.58 Å². The molecule has 4 nitrogen and oxygen atoms in total. The number of ketones is 1. The minimum atomic E-state index is -0.327. The van der Waals surface area contributed by atoms with Crippen LogP contribution < -0.4 is 5.32 Å². The van der Waals surface area contributed by atoms with Crippen LogP contribution in [-0.2, 0) is 0 Å². The number of hydrogen-bond acceptors (Lipinski definition) is 3. The molecule has 0 aliphatic carbocycles. The number of anilines is 1. The minimum absolute atomic E-state index is 0.0870. The quantitative estimate of drug-likeness (QED) is 0.443. The Labute approximate surface area is 166 Å². The second kappa shape index (κ2) is 7.33.